The van der Waals surface area contributed by atoms with Gasteiger partial charge in [0.25, 0.3) is 11.8 Å². The number of fused-ring (bicyclic) bond motifs is 2. The van der Waals surface area contributed by atoms with Gasteiger partial charge in [-0.25, -0.2) is 0 Å². The molecule has 1 aliphatic carbocycles. The van der Waals surface area contributed by atoms with E-state index >= 15 is 0 Å². The van der Waals surface area contributed by atoms with E-state index < -0.39 is 5.91 Å². The lowest BCUT2D eigenvalue weighted by Crippen LogP contribution is -2.46. The van der Waals surface area contributed by atoms with Crippen molar-refractivity contribution < 1.29 is 14.4 Å². The average molecular weight is 435 g/mol. The molecule has 5 rings (SSSR count). The van der Waals surface area contributed by atoms with Gasteiger partial charge in [0, 0.05) is 42.1 Å². The number of nitrogens with two attached hydrogens (primary N) is 1. The van der Waals surface area contributed by atoms with Gasteiger partial charge in [0.2, 0.25) is 0 Å². The SMILES string of the molecule is CC(C)n1ncc2c1C(=O)CC1(CCN(C(=O)c3ccc4c(C(N)=O)n[nH]c4c3)CC1)C2. The van der Waals surface area contributed by atoms with Crippen LogP contribution in [-0.2, 0) is 6.42 Å². The third-order valence-electron chi connectivity index (χ3n) is 6.88. The van der Waals surface area contributed by atoms with Crippen LogP contribution in [0.2, 0.25) is 0 Å². The van der Waals surface area contributed by atoms with Crippen molar-refractivity contribution in [1.29, 1.82) is 0 Å². The fraction of sp³-hybridized carbons (Fsp3) is 0.435. The van der Waals surface area contributed by atoms with Crippen LogP contribution >= 0.6 is 0 Å². The summed E-state index contributed by atoms with van der Waals surface area (Å²) in [6.07, 6.45) is 4.75. The summed E-state index contributed by atoms with van der Waals surface area (Å²) in [5.74, 6) is -0.514. The van der Waals surface area contributed by atoms with Gasteiger partial charge in [-0.1, -0.05) is 0 Å². The minimum absolute atomic E-state index is 0.0626. The largest absolute Gasteiger partial charge is 0.364 e. The highest BCUT2D eigenvalue weighted by Gasteiger charge is 2.43. The lowest BCUT2D eigenvalue weighted by Gasteiger charge is -2.43. The van der Waals surface area contributed by atoms with E-state index in [4.69, 9.17) is 5.73 Å². The standard InChI is InChI=1S/C23H26N6O3/c1-13(2)29-20-15(12-25-29)10-23(11-18(20)30)5-7-28(8-6-23)22(32)14-3-4-16-17(9-14)26-27-19(16)21(24)31/h3-4,9,12-13H,5-8,10-11H2,1-2H3,(H2,24,31)(H,26,27). The average Bonchev–Trinajstić information content (AvgIpc) is 3.37. The number of hydrogen-bond donors (Lipinski definition) is 2. The number of nitrogens with one attached hydrogen (secondary N) is 1. The molecule has 2 amide bonds. The Labute approximate surface area is 184 Å². The Kier molecular flexibility index (Phi) is 4.65. The first-order valence-corrected chi connectivity index (χ1v) is 10.9. The van der Waals surface area contributed by atoms with Crippen molar-refractivity contribution in [1.82, 2.24) is 24.9 Å². The fourth-order valence-electron chi connectivity index (χ4n) is 5.18. The van der Waals surface area contributed by atoms with Crippen LogP contribution in [0, 0.1) is 5.41 Å². The molecule has 1 aliphatic heterocycles. The van der Waals surface area contributed by atoms with Gasteiger partial charge in [-0.05, 0) is 56.7 Å². The van der Waals surface area contributed by atoms with Gasteiger partial charge >= 0.3 is 0 Å². The Morgan fingerprint density at radius 1 is 1.19 bits per heavy atom. The first-order valence-electron chi connectivity index (χ1n) is 10.9. The molecule has 1 saturated heterocycles. The summed E-state index contributed by atoms with van der Waals surface area (Å²) in [6, 6.07) is 5.26. The van der Waals surface area contributed by atoms with Crippen molar-refractivity contribution in [2.24, 2.45) is 11.1 Å². The predicted octanol–water partition coefficient (Wildman–Crippen LogP) is 2.49. The third kappa shape index (κ3) is 3.19. The zero-order valence-corrected chi connectivity index (χ0v) is 18.2. The van der Waals surface area contributed by atoms with Gasteiger partial charge in [0.15, 0.2) is 11.5 Å². The molecule has 166 valence electrons. The second kappa shape index (κ2) is 7.29. The highest BCUT2D eigenvalue weighted by Crippen LogP contribution is 2.44. The van der Waals surface area contributed by atoms with E-state index in [2.05, 4.69) is 15.3 Å². The number of carbonyl (C=O) groups is 3. The monoisotopic (exact) mass is 434 g/mol. The van der Waals surface area contributed by atoms with Crippen LogP contribution in [0.25, 0.3) is 10.9 Å². The summed E-state index contributed by atoms with van der Waals surface area (Å²) >= 11 is 0. The zero-order chi connectivity index (χ0) is 22.6. The number of nitrogens with zero attached hydrogens (tertiary/aromatic N) is 4. The van der Waals surface area contributed by atoms with E-state index in [9.17, 15) is 14.4 Å². The van der Waals surface area contributed by atoms with E-state index in [0.29, 0.717) is 36.0 Å². The molecule has 0 atom stereocenters. The minimum Gasteiger partial charge on any atom is -0.364 e. The summed E-state index contributed by atoms with van der Waals surface area (Å²) in [5, 5.41) is 11.8. The van der Waals surface area contributed by atoms with Crippen molar-refractivity contribution >= 4 is 28.5 Å². The summed E-state index contributed by atoms with van der Waals surface area (Å²) in [4.78, 5) is 39.4. The molecule has 32 heavy (non-hydrogen) atoms. The maximum atomic E-state index is 13.1. The molecule has 0 radical (unpaired) electrons. The molecular weight excluding hydrogens is 408 g/mol. The molecule has 0 unspecified atom stereocenters. The second-order valence-electron chi connectivity index (χ2n) is 9.32. The Bertz CT molecular complexity index is 1250. The zero-order valence-electron chi connectivity index (χ0n) is 18.2. The van der Waals surface area contributed by atoms with E-state index in [1.54, 1.807) is 18.2 Å². The number of carbonyl (C=O) groups excluding carboxylic acids is 3. The van der Waals surface area contributed by atoms with Gasteiger partial charge < -0.3 is 10.6 Å². The van der Waals surface area contributed by atoms with Gasteiger partial charge in [-0.2, -0.15) is 10.2 Å². The number of likely N-dealkylation sites (tertiary alicyclic amines) is 1. The van der Waals surface area contributed by atoms with Crippen LogP contribution in [0.3, 0.4) is 0 Å². The molecule has 1 fully saturated rings. The highest BCUT2D eigenvalue weighted by molar-refractivity contribution is 6.06. The molecule has 9 heteroatoms. The Morgan fingerprint density at radius 3 is 2.62 bits per heavy atom. The molecule has 0 saturated carbocycles. The van der Waals surface area contributed by atoms with Crippen LogP contribution in [0.4, 0.5) is 0 Å². The van der Waals surface area contributed by atoms with Crippen LogP contribution in [0.5, 0.6) is 0 Å². The van der Waals surface area contributed by atoms with Gasteiger partial charge in [0.1, 0.15) is 5.69 Å². The number of Topliss-reactive ketones (excluding diaryl/α,β-unsaturated/α-hetero) is 1. The molecule has 1 aromatic carbocycles. The number of H-pyrrole nitrogens is 1. The third-order valence-corrected chi connectivity index (χ3v) is 6.88. The van der Waals surface area contributed by atoms with Crippen molar-refractivity contribution in [3.05, 3.63) is 46.9 Å². The number of amides is 2. The lowest BCUT2D eigenvalue weighted by molar-refractivity contribution is 0.0517. The second-order valence-corrected chi connectivity index (χ2v) is 9.32. The molecular formula is C23H26N6O3. The molecule has 2 aliphatic rings. The van der Waals surface area contributed by atoms with Crippen molar-refractivity contribution in [2.45, 2.75) is 45.6 Å². The summed E-state index contributed by atoms with van der Waals surface area (Å²) in [6.45, 7) is 5.27. The van der Waals surface area contributed by atoms with Crippen molar-refractivity contribution in [3.8, 4) is 0 Å². The predicted molar refractivity (Wildman–Crippen MR) is 117 cm³/mol. The number of aromatic nitrogens is 4. The molecule has 3 aromatic rings. The Balaban J connectivity index is 1.31. The number of aromatic amines is 1. The molecule has 0 bridgehead atoms. The Morgan fingerprint density at radius 2 is 1.94 bits per heavy atom. The minimum atomic E-state index is -0.610. The molecule has 3 N–H and O–H groups in total. The van der Waals surface area contributed by atoms with Gasteiger partial charge in [-0.15, -0.1) is 0 Å². The quantitative estimate of drug-likeness (QED) is 0.655. The normalized spacial score (nSPS) is 17.8. The topological polar surface area (TPSA) is 127 Å². The summed E-state index contributed by atoms with van der Waals surface area (Å²) in [5.41, 5.74) is 8.33. The van der Waals surface area contributed by atoms with Gasteiger partial charge in [0.05, 0.1) is 11.7 Å². The molecule has 1 spiro atoms. The lowest BCUT2D eigenvalue weighted by atomic mass is 9.67. The Hall–Kier alpha value is -3.49. The smallest absolute Gasteiger partial charge is 0.269 e. The first-order chi connectivity index (χ1) is 15.3. The molecule has 9 nitrogen and oxygen atoms in total. The maximum absolute atomic E-state index is 13.1. The van der Waals surface area contributed by atoms with E-state index in [1.807, 2.05) is 29.6 Å². The van der Waals surface area contributed by atoms with Crippen LogP contribution in [-0.4, -0.2) is 55.6 Å². The molecule has 3 heterocycles. The highest BCUT2D eigenvalue weighted by atomic mass is 16.2. The number of piperidine rings is 1. The van der Waals surface area contributed by atoms with Crippen LogP contribution in [0.15, 0.2) is 24.4 Å². The van der Waals surface area contributed by atoms with E-state index in [1.165, 1.54) is 0 Å². The maximum Gasteiger partial charge on any atom is 0.269 e. The number of rotatable bonds is 3. The van der Waals surface area contributed by atoms with Gasteiger partial charge in [-0.3, -0.25) is 24.2 Å². The first kappa shape index (κ1) is 20.4. The summed E-state index contributed by atoms with van der Waals surface area (Å²) < 4.78 is 1.83. The van der Waals surface area contributed by atoms with Crippen LogP contribution < -0.4 is 5.73 Å². The number of ketones is 1. The van der Waals surface area contributed by atoms with Crippen LogP contribution in [0.1, 0.15) is 76.1 Å². The number of hydrogen-bond acceptors (Lipinski definition) is 5. The number of primary amides is 1. The molecule has 2 aromatic heterocycles. The number of benzene rings is 1. The van der Waals surface area contributed by atoms with Crippen molar-refractivity contribution in [2.75, 3.05) is 13.1 Å². The summed E-state index contributed by atoms with van der Waals surface area (Å²) in [7, 11) is 0. The fourth-order valence-corrected chi connectivity index (χ4v) is 5.18. The van der Waals surface area contributed by atoms with E-state index in [0.717, 1.165) is 30.5 Å². The van der Waals surface area contributed by atoms with E-state index in [-0.39, 0.29) is 28.8 Å². The van der Waals surface area contributed by atoms with Crippen molar-refractivity contribution in [3.63, 3.8) is 0 Å².